The van der Waals surface area contributed by atoms with Crippen LogP contribution in [0.5, 0.6) is 5.75 Å². The van der Waals surface area contributed by atoms with Crippen molar-refractivity contribution < 1.29 is 9.53 Å². The van der Waals surface area contributed by atoms with Crippen molar-refractivity contribution in [3.05, 3.63) is 59.1 Å². The van der Waals surface area contributed by atoms with Crippen molar-refractivity contribution in [1.82, 2.24) is 20.5 Å². The van der Waals surface area contributed by atoms with Crippen LogP contribution in [0, 0.1) is 0 Å². The molecule has 6 nitrogen and oxygen atoms in total. The quantitative estimate of drug-likeness (QED) is 0.581. The van der Waals surface area contributed by atoms with E-state index >= 15 is 0 Å². The lowest BCUT2D eigenvalue weighted by Crippen LogP contribution is -2.28. The summed E-state index contributed by atoms with van der Waals surface area (Å²) in [6.07, 6.45) is 0. The number of ether oxygens (including phenoxy) is 1. The summed E-state index contributed by atoms with van der Waals surface area (Å²) in [7, 11) is 1.62. The summed E-state index contributed by atoms with van der Waals surface area (Å²) in [6, 6.07) is 14.8. The van der Waals surface area contributed by atoms with E-state index in [0.717, 1.165) is 16.9 Å². The molecule has 0 saturated carbocycles. The van der Waals surface area contributed by atoms with Gasteiger partial charge in [-0.1, -0.05) is 41.6 Å². The Kier molecular flexibility index (Phi) is 6.36. The number of carbonyl (C=O) groups excluding carboxylic acids is 1. The average molecular weight is 403 g/mol. The fourth-order valence-electron chi connectivity index (χ4n) is 2.56. The molecule has 0 aliphatic rings. The maximum Gasteiger partial charge on any atom is 0.230 e. The first kappa shape index (κ1) is 19.3. The third-order valence-electron chi connectivity index (χ3n) is 3.90. The van der Waals surface area contributed by atoms with Gasteiger partial charge in [-0.2, -0.15) is 0 Å². The molecule has 1 amide bonds. The largest absolute Gasteiger partial charge is 0.496 e. The molecule has 27 heavy (non-hydrogen) atoms. The Labute approximate surface area is 166 Å². The normalized spacial score (nSPS) is 11.8. The molecule has 0 spiro atoms. The van der Waals surface area contributed by atoms with E-state index in [9.17, 15) is 4.79 Å². The molecule has 3 aromatic rings. The highest BCUT2D eigenvalue weighted by Gasteiger charge is 2.15. The number of amides is 1. The van der Waals surface area contributed by atoms with Gasteiger partial charge in [0.2, 0.25) is 11.1 Å². The zero-order valence-corrected chi connectivity index (χ0v) is 16.5. The van der Waals surface area contributed by atoms with Crippen molar-refractivity contribution in [2.75, 3.05) is 12.9 Å². The third kappa shape index (κ3) is 5.02. The van der Waals surface area contributed by atoms with Crippen LogP contribution in [0.1, 0.15) is 18.5 Å². The van der Waals surface area contributed by atoms with E-state index in [1.807, 2.05) is 43.3 Å². The van der Waals surface area contributed by atoms with Gasteiger partial charge in [0.15, 0.2) is 5.82 Å². The number of nitrogens with zero attached hydrogens (tertiary/aromatic N) is 2. The second-order valence-electron chi connectivity index (χ2n) is 5.79. The molecule has 0 fully saturated rings. The topological polar surface area (TPSA) is 79.9 Å². The van der Waals surface area contributed by atoms with Crippen LogP contribution < -0.4 is 10.1 Å². The minimum Gasteiger partial charge on any atom is -0.496 e. The van der Waals surface area contributed by atoms with Crippen molar-refractivity contribution in [1.29, 1.82) is 0 Å². The van der Waals surface area contributed by atoms with Crippen LogP contribution in [-0.2, 0) is 4.79 Å². The maximum absolute atomic E-state index is 12.3. The summed E-state index contributed by atoms with van der Waals surface area (Å²) in [5.74, 6) is 1.50. The summed E-state index contributed by atoms with van der Waals surface area (Å²) >= 11 is 7.16. The van der Waals surface area contributed by atoms with Gasteiger partial charge < -0.3 is 10.1 Å². The monoisotopic (exact) mass is 402 g/mol. The molecule has 0 aliphatic carbocycles. The number of aromatic amines is 1. The number of carbonyl (C=O) groups is 1. The number of rotatable bonds is 7. The minimum atomic E-state index is -0.161. The SMILES string of the molecule is COc1ccccc1C(C)NC(=O)CSc1n[nH]c(-c2ccc(Cl)cc2)n1. The highest BCUT2D eigenvalue weighted by molar-refractivity contribution is 7.99. The van der Waals surface area contributed by atoms with Crippen LogP contribution in [0.15, 0.2) is 53.7 Å². The lowest BCUT2D eigenvalue weighted by molar-refractivity contribution is -0.119. The van der Waals surface area contributed by atoms with E-state index in [-0.39, 0.29) is 17.7 Å². The van der Waals surface area contributed by atoms with Gasteiger partial charge in [-0.3, -0.25) is 9.89 Å². The van der Waals surface area contributed by atoms with E-state index in [4.69, 9.17) is 16.3 Å². The molecule has 0 bridgehead atoms. The van der Waals surface area contributed by atoms with E-state index in [1.54, 1.807) is 19.2 Å². The van der Waals surface area contributed by atoms with Crippen LogP contribution in [0.25, 0.3) is 11.4 Å². The van der Waals surface area contributed by atoms with Crippen molar-refractivity contribution in [2.24, 2.45) is 0 Å². The zero-order chi connectivity index (χ0) is 19.2. The molecule has 0 aliphatic heterocycles. The molecule has 3 rings (SSSR count). The summed E-state index contributed by atoms with van der Waals surface area (Å²) in [5, 5.41) is 11.2. The summed E-state index contributed by atoms with van der Waals surface area (Å²) < 4.78 is 5.34. The molecule has 1 heterocycles. The number of hydrogen-bond donors (Lipinski definition) is 2. The third-order valence-corrected chi connectivity index (χ3v) is 5.00. The average Bonchev–Trinajstić information content (AvgIpc) is 3.16. The number of nitrogens with one attached hydrogen (secondary N) is 2. The van der Waals surface area contributed by atoms with Crippen LogP contribution >= 0.6 is 23.4 Å². The second-order valence-corrected chi connectivity index (χ2v) is 7.17. The maximum atomic E-state index is 12.3. The second kappa shape index (κ2) is 8.92. The van der Waals surface area contributed by atoms with Crippen molar-refractivity contribution in [3.63, 3.8) is 0 Å². The molecule has 1 atom stereocenters. The molecule has 0 radical (unpaired) electrons. The molecule has 0 saturated heterocycles. The summed E-state index contributed by atoms with van der Waals surface area (Å²) in [6.45, 7) is 1.92. The number of hydrogen-bond acceptors (Lipinski definition) is 5. The van der Waals surface area contributed by atoms with Gasteiger partial charge in [-0.15, -0.1) is 5.10 Å². The lowest BCUT2D eigenvalue weighted by atomic mass is 10.1. The number of thioether (sulfide) groups is 1. The van der Waals surface area contributed by atoms with E-state index in [1.165, 1.54) is 11.8 Å². The molecule has 1 unspecified atom stereocenters. The molecule has 2 aromatic carbocycles. The first-order valence-electron chi connectivity index (χ1n) is 8.30. The van der Waals surface area contributed by atoms with E-state index in [2.05, 4.69) is 20.5 Å². The fraction of sp³-hybridized carbons (Fsp3) is 0.211. The van der Waals surface area contributed by atoms with Crippen molar-refractivity contribution in [3.8, 4) is 17.1 Å². The fourth-order valence-corrected chi connectivity index (χ4v) is 3.30. The first-order valence-corrected chi connectivity index (χ1v) is 9.66. The molecule has 1 aromatic heterocycles. The minimum absolute atomic E-state index is 0.101. The van der Waals surface area contributed by atoms with Crippen LogP contribution in [0.2, 0.25) is 5.02 Å². The van der Waals surface area contributed by atoms with Gasteiger partial charge in [-0.25, -0.2) is 4.98 Å². The van der Waals surface area contributed by atoms with Gasteiger partial charge in [0.05, 0.1) is 18.9 Å². The van der Waals surface area contributed by atoms with Crippen molar-refractivity contribution >= 4 is 29.3 Å². The zero-order valence-electron chi connectivity index (χ0n) is 14.9. The Morgan fingerprint density at radius 2 is 2.00 bits per heavy atom. The molecule has 8 heteroatoms. The number of aromatic nitrogens is 3. The first-order chi connectivity index (χ1) is 13.1. The van der Waals surface area contributed by atoms with Gasteiger partial charge >= 0.3 is 0 Å². The number of methoxy groups -OCH3 is 1. The van der Waals surface area contributed by atoms with Crippen LogP contribution in [-0.4, -0.2) is 34.0 Å². The van der Waals surface area contributed by atoms with Gasteiger partial charge in [0.1, 0.15) is 5.75 Å². The smallest absolute Gasteiger partial charge is 0.230 e. The summed E-state index contributed by atoms with van der Waals surface area (Å²) in [4.78, 5) is 16.7. The highest BCUT2D eigenvalue weighted by atomic mass is 35.5. The van der Waals surface area contributed by atoms with Gasteiger partial charge in [0, 0.05) is 16.1 Å². The number of para-hydroxylation sites is 1. The Morgan fingerprint density at radius 3 is 2.74 bits per heavy atom. The number of H-pyrrole nitrogens is 1. The number of benzene rings is 2. The molecule has 140 valence electrons. The highest BCUT2D eigenvalue weighted by Crippen LogP contribution is 2.25. The molecule has 2 N–H and O–H groups in total. The molecular formula is C19H19ClN4O2S. The van der Waals surface area contributed by atoms with Crippen LogP contribution in [0.4, 0.5) is 0 Å². The standard InChI is InChI=1S/C19H19ClN4O2S/c1-12(15-5-3-4-6-16(15)26-2)21-17(25)11-27-19-22-18(23-24-19)13-7-9-14(20)10-8-13/h3-10,12H,11H2,1-2H3,(H,21,25)(H,22,23,24). The van der Waals surface area contributed by atoms with Gasteiger partial charge in [0.25, 0.3) is 0 Å². The van der Waals surface area contributed by atoms with Crippen molar-refractivity contribution in [2.45, 2.75) is 18.1 Å². The molecular weight excluding hydrogens is 384 g/mol. The lowest BCUT2D eigenvalue weighted by Gasteiger charge is -2.16. The summed E-state index contributed by atoms with van der Waals surface area (Å²) in [5.41, 5.74) is 1.81. The van der Waals surface area contributed by atoms with E-state index < -0.39 is 0 Å². The Hall–Kier alpha value is -2.51. The van der Waals surface area contributed by atoms with E-state index in [0.29, 0.717) is 16.0 Å². The van der Waals surface area contributed by atoms with Crippen LogP contribution in [0.3, 0.4) is 0 Å². The van der Waals surface area contributed by atoms with Gasteiger partial charge in [-0.05, 0) is 37.3 Å². The Balaban J connectivity index is 1.56. The number of halogens is 1. The predicted molar refractivity (Wildman–Crippen MR) is 107 cm³/mol. The Bertz CT molecular complexity index is 914. The Morgan fingerprint density at radius 1 is 1.26 bits per heavy atom. The predicted octanol–water partition coefficient (Wildman–Crippen LogP) is 4.10.